The standard InChI is InChI=1S/C9H9NO2/c11-6-7-12-10-8-9-4-2-1-3-5-9/h1-6,8H,7H2. The second-order valence-electron chi connectivity index (χ2n) is 2.11. The molecule has 1 rings (SSSR count). The van der Waals surface area contributed by atoms with Gasteiger partial charge < -0.3 is 4.84 Å². The average Bonchev–Trinajstić information content (AvgIpc) is 2.14. The number of rotatable bonds is 4. The Labute approximate surface area is 70.7 Å². The molecule has 0 aliphatic rings. The van der Waals surface area contributed by atoms with Gasteiger partial charge in [-0.3, -0.25) is 4.79 Å². The zero-order chi connectivity index (χ0) is 8.65. The van der Waals surface area contributed by atoms with Crippen LogP contribution in [-0.2, 0) is 9.63 Å². The number of carbonyl (C=O) groups excluding carboxylic acids is 1. The third-order valence-corrected chi connectivity index (χ3v) is 1.22. The quantitative estimate of drug-likeness (QED) is 0.290. The highest BCUT2D eigenvalue weighted by atomic mass is 16.6. The molecule has 0 fully saturated rings. The first-order valence-corrected chi connectivity index (χ1v) is 3.57. The first-order chi connectivity index (χ1) is 5.93. The minimum absolute atomic E-state index is 0.00331. The highest BCUT2D eigenvalue weighted by Crippen LogP contribution is 1.93. The van der Waals surface area contributed by atoms with Gasteiger partial charge in [0.15, 0.2) is 12.9 Å². The van der Waals surface area contributed by atoms with Crippen molar-refractivity contribution in [3.05, 3.63) is 35.9 Å². The molecule has 0 saturated heterocycles. The van der Waals surface area contributed by atoms with Gasteiger partial charge in [-0.05, 0) is 5.56 Å². The van der Waals surface area contributed by atoms with Gasteiger partial charge in [0.25, 0.3) is 0 Å². The molecular formula is C9H9NO2. The Bertz CT molecular complexity index is 256. The van der Waals surface area contributed by atoms with E-state index in [-0.39, 0.29) is 6.61 Å². The van der Waals surface area contributed by atoms with Crippen molar-refractivity contribution in [1.29, 1.82) is 0 Å². The minimum Gasteiger partial charge on any atom is -0.388 e. The van der Waals surface area contributed by atoms with Gasteiger partial charge >= 0.3 is 0 Å². The first kappa shape index (κ1) is 8.46. The van der Waals surface area contributed by atoms with E-state index in [1.54, 1.807) is 6.21 Å². The molecule has 1 aromatic rings. The Kier molecular flexibility index (Phi) is 3.57. The molecule has 0 saturated carbocycles. The predicted molar refractivity (Wildman–Crippen MR) is 46.1 cm³/mol. The van der Waals surface area contributed by atoms with Crippen molar-refractivity contribution in [2.45, 2.75) is 0 Å². The Hall–Kier alpha value is -1.64. The topological polar surface area (TPSA) is 38.7 Å². The van der Waals surface area contributed by atoms with Crippen molar-refractivity contribution in [3.8, 4) is 0 Å². The van der Waals surface area contributed by atoms with Gasteiger partial charge in [0.2, 0.25) is 0 Å². The minimum atomic E-state index is 0.00331. The number of hydrogen-bond acceptors (Lipinski definition) is 3. The van der Waals surface area contributed by atoms with Gasteiger partial charge in [0.1, 0.15) is 0 Å². The third kappa shape index (κ3) is 2.96. The molecule has 0 atom stereocenters. The molecule has 1 aromatic carbocycles. The fourth-order valence-corrected chi connectivity index (χ4v) is 0.711. The predicted octanol–water partition coefficient (Wildman–Crippen LogP) is 1.24. The molecule has 0 radical (unpaired) electrons. The first-order valence-electron chi connectivity index (χ1n) is 3.57. The molecule has 0 unspecified atom stereocenters. The summed E-state index contributed by atoms with van der Waals surface area (Å²) in [5.41, 5.74) is 0.948. The van der Waals surface area contributed by atoms with E-state index in [0.717, 1.165) is 5.56 Å². The van der Waals surface area contributed by atoms with Gasteiger partial charge in [-0.15, -0.1) is 0 Å². The van der Waals surface area contributed by atoms with E-state index in [1.165, 1.54) is 0 Å². The van der Waals surface area contributed by atoms with Crippen LogP contribution in [0.4, 0.5) is 0 Å². The second kappa shape index (κ2) is 5.07. The Morgan fingerprint density at radius 1 is 1.33 bits per heavy atom. The van der Waals surface area contributed by atoms with Crippen LogP contribution in [0.5, 0.6) is 0 Å². The summed E-state index contributed by atoms with van der Waals surface area (Å²) in [6, 6.07) is 9.52. The maximum absolute atomic E-state index is 9.82. The van der Waals surface area contributed by atoms with Gasteiger partial charge in [-0.2, -0.15) is 0 Å². The molecule has 0 heterocycles. The lowest BCUT2D eigenvalue weighted by Gasteiger charge is -1.90. The Balaban J connectivity index is 2.41. The molecule has 0 bridgehead atoms. The van der Waals surface area contributed by atoms with E-state index in [4.69, 9.17) is 0 Å². The normalized spacial score (nSPS) is 10.0. The van der Waals surface area contributed by atoms with Crippen molar-refractivity contribution in [1.82, 2.24) is 0 Å². The summed E-state index contributed by atoms with van der Waals surface area (Å²) in [4.78, 5) is 14.4. The number of carbonyl (C=O) groups is 1. The van der Waals surface area contributed by atoms with Crippen molar-refractivity contribution in [2.24, 2.45) is 5.16 Å². The molecule has 12 heavy (non-hydrogen) atoms. The third-order valence-electron chi connectivity index (χ3n) is 1.22. The number of nitrogens with zero attached hydrogens (tertiary/aromatic N) is 1. The lowest BCUT2D eigenvalue weighted by atomic mass is 10.2. The zero-order valence-electron chi connectivity index (χ0n) is 6.51. The molecule has 0 N–H and O–H groups in total. The van der Waals surface area contributed by atoms with Crippen LogP contribution in [-0.4, -0.2) is 19.1 Å². The van der Waals surface area contributed by atoms with Gasteiger partial charge in [0, 0.05) is 0 Å². The largest absolute Gasteiger partial charge is 0.388 e. The van der Waals surface area contributed by atoms with E-state index in [2.05, 4.69) is 9.99 Å². The summed E-state index contributed by atoms with van der Waals surface area (Å²) in [6.45, 7) is 0.00331. The molecule has 0 aliphatic heterocycles. The van der Waals surface area contributed by atoms with Crippen molar-refractivity contribution < 1.29 is 9.63 Å². The molecule has 62 valence electrons. The summed E-state index contributed by atoms with van der Waals surface area (Å²) < 4.78 is 0. The summed E-state index contributed by atoms with van der Waals surface area (Å²) in [6.07, 6.45) is 2.21. The van der Waals surface area contributed by atoms with Crippen molar-refractivity contribution >= 4 is 12.5 Å². The van der Waals surface area contributed by atoms with E-state index >= 15 is 0 Å². The molecule has 0 spiro atoms. The monoisotopic (exact) mass is 163 g/mol. The second-order valence-corrected chi connectivity index (χ2v) is 2.11. The summed E-state index contributed by atoms with van der Waals surface area (Å²) in [7, 11) is 0. The van der Waals surface area contributed by atoms with Gasteiger partial charge in [-0.25, -0.2) is 0 Å². The van der Waals surface area contributed by atoms with Crippen LogP contribution < -0.4 is 0 Å². The van der Waals surface area contributed by atoms with Crippen molar-refractivity contribution in [2.75, 3.05) is 6.61 Å². The van der Waals surface area contributed by atoms with E-state index in [1.807, 2.05) is 30.3 Å². The lowest BCUT2D eigenvalue weighted by Crippen LogP contribution is -1.88. The number of benzene rings is 1. The lowest BCUT2D eigenvalue weighted by molar-refractivity contribution is -0.111. The van der Waals surface area contributed by atoms with Crippen LogP contribution in [0.2, 0.25) is 0 Å². The molecule has 3 heteroatoms. The van der Waals surface area contributed by atoms with Crippen LogP contribution in [0.1, 0.15) is 5.56 Å². The number of hydrogen-bond donors (Lipinski definition) is 0. The van der Waals surface area contributed by atoms with E-state index < -0.39 is 0 Å². The Morgan fingerprint density at radius 2 is 2.08 bits per heavy atom. The number of aldehydes is 1. The molecule has 3 nitrogen and oxygen atoms in total. The van der Waals surface area contributed by atoms with E-state index in [0.29, 0.717) is 6.29 Å². The van der Waals surface area contributed by atoms with Crippen LogP contribution in [0, 0.1) is 0 Å². The maximum Gasteiger partial charge on any atom is 0.172 e. The van der Waals surface area contributed by atoms with Crippen LogP contribution >= 0.6 is 0 Å². The SMILES string of the molecule is O=CCON=Cc1ccccc1. The van der Waals surface area contributed by atoms with Gasteiger partial charge in [-0.1, -0.05) is 35.5 Å². The molecule has 0 amide bonds. The molecule has 0 aliphatic carbocycles. The Morgan fingerprint density at radius 3 is 2.75 bits per heavy atom. The number of oxime groups is 1. The molecule has 0 aromatic heterocycles. The summed E-state index contributed by atoms with van der Waals surface area (Å²) in [5.74, 6) is 0. The summed E-state index contributed by atoms with van der Waals surface area (Å²) in [5, 5.41) is 3.58. The highest BCUT2D eigenvalue weighted by molar-refractivity contribution is 5.78. The fraction of sp³-hybridized carbons (Fsp3) is 0.111. The van der Waals surface area contributed by atoms with Crippen LogP contribution in [0.3, 0.4) is 0 Å². The molecular weight excluding hydrogens is 154 g/mol. The average molecular weight is 163 g/mol. The van der Waals surface area contributed by atoms with Crippen molar-refractivity contribution in [3.63, 3.8) is 0 Å². The highest BCUT2D eigenvalue weighted by Gasteiger charge is 1.82. The smallest absolute Gasteiger partial charge is 0.172 e. The zero-order valence-corrected chi connectivity index (χ0v) is 6.51. The van der Waals surface area contributed by atoms with E-state index in [9.17, 15) is 4.79 Å². The van der Waals surface area contributed by atoms with Crippen LogP contribution in [0.25, 0.3) is 0 Å². The van der Waals surface area contributed by atoms with Crippen LogP contribution in [0.15, 0.2) is 35.5 Å². The fourth-order valence-electron chi connectivity index (χ4n) is 0.711. The van der Waals surface area contributed by atoms with Gasteiger partial charge in [0.05, 0.1) is 6.21 Å². The summed E-state index contributed by atoms with van der Waals surface area (Å²) >= 11 is 0. The maximum atomic E-state index is 9.82.